The van der Waals surface area contributed by atoms with Gasteiger partial charge in [-0.15, -0.1) is 0 Å². The first-order valence-corrected chi connectivity index (χ1v) is 5.32. The standard InChI is InChI=1S/C10H20N2/c1-2-7-12-8-4-10(5-9-12)3-6-11-10/h11H,2-9H2,1H3. The largest absolute Gasteiger partial charge is 0.311 e. The van der Waals surface area contributed by atoms with Crippen LogP contribution in [0.5, 0.6) is 0 Å². The average molecular weight is 168 g/mol. The Labute approximate surface area is 75.3 Å². The van der Waals surface area contributed by atoms with Crippen LogP contribution >= 0.6 is 0 Å². The van der Waals surface area contributed by atoms with Gasteiger partial charge in [0.1, 0.15) is 0 Å². The van der Waals surface area contributed by atoms with Crippen molar-refractivity contribution in [3.8, 4) is 0 Å². The zero-order valence-corrected chi connectivity index (χ0v) is 8.10. The molecular formula is C10H20N2. The van der Waals surface area contributed by atoms with Gasteiger partial charge in [0.05, 0.1) is 0 Å². The monoisotopic (exact) mass is 168 g/mol. The number of likely N-dealkylation sites (tertiary alicyclic amines) is 1. The first kappa shape index (κ1) is 8.52. The van der Waals surface area contributed by atoms with E-state index in [2.05, 4.69) is 17.1 Å². The lowest BCUT2D eigenvalue weighted by Crippen LogP contribution is -2.61. The Balaban J connectivity index is 1.77. The van der Waals surface area contributed by atoms with E-state index in [4.69, 9.17) is 0 Å². The molecule has 0 aromatic heterocycles. The molecule has 1 N–H and O–H groups in total. The van der Waals surface area contributed by atoms with Crippen LogP contribution in [0.3, 0.4) is 0 Å². The minimum atomic E-state index is 0.588. The summed E-state index contributed by atoms with van der Waals surface area (Å²) in [5.41, 5.74) is 0.588. The van der Waals surface area contributed by atoms with Crippen LogP contribution in [0.4, 0.5) is 0 Å². The summed E-state index contributed by atoms with van der Waals surface area (Å²) in [4.78, 5) is 2.60. The second-order valence-corrected chi connectivity index (χ2v) is 4.30. The number of hydrogen-bond donors (Lipinski definition) is 1. The van der Waals surface area contributed by atoms with E-state index < -0.39 is 0 Å². The zero-order chi connectivity index (χ0) is 8.44. The van der Waals surface area contributed by atoms with Crippen LogP contribution in [0.2, 0.25) is 0 Å². The van der Waals surface area contributed by atoms with Crippen molar-refractivity contribution in [3.05, 3.63) is 0 Å². The van der Waals surface area contributed by atoms with Gasteiger partial charge in [0.15, 0.2) is 0 Å². The zero-order valence-electron chi connectivity index (χ0n) is 8.10. The van der Waals surface area contributed by atoms with Gasteiger partial charge in [0.2, 0.25) is 0 Å². The highest BCUT2D eigenvalue weighted by Crippen LogP contribution is 2.30. The van der Waals surface area contributed by atoms with Gasteiger partial charge in [-0.2, -0.15) is 0 Å². The third kappa shape index (κ3) is 1.50. The summed E-state index contributed by atoms with van der Waals surface area (Å²) in [6, 6.07) is 0. The molecule has 0 bridgehead atoms. The molecule has 2 heteroatoms. The molecule has 2 heterocycles. The number of piperidine rings is 1. The van der Waals surface area contributed by atoms with Gasteiger partial charge in [-0.25, -0.2) is 0 Å². The molecule has 2 aliphatic rings. The SMILES string of the molecule is CCCN1CCC2(CCN2)CC1. The van der Waals surface area contributed by atoms with E-state index in [0.29, 0.717) is 5.54 Å². The lowest BCUT2D eigenvalue weighted by Gasteiger charge is -2.49. The second-order valence-electron chi connectivity index (χ2n) is 4.30. The van der Waals surface area contributed by atoms with E-state index in [9.17, 15) is 0 Å². The number of nitrogens with zero attached hydrogens (tertiary/aromatic N) is 1. The maximum absolute atomic E-state index is 3.60. The molecular weight excluding hydrogens is 148 g/mol. The summed E-state index contributed by atoms with van der Waals surface area (Å²) in [5, 5.41) is 3.60. The summed E-state index contributed by atoms with van der Waals surface area (Å²) in [5.74, 6) is 0. The molecule has 2 fully saturated rings. The molecule has 2 rings (SSSR count). The van der Waals surface area contributed by atoms with E-state index in [1.165, 1.54) is 51.9 Å². The van der Waals surface area contributed by atoms with Gasteiger partial charge in [-0.3, -0.25) is 0 Å². The van der Waals surface area contributed by atoms with Crippen molar-refractivity contribution in [2.45, 2.75) is 38.1 Å². The third-order valence-corrected chi connectivity index (χ3v) is 3.46. The normalized spacial score (nSPS) is 28.8. The summed E-state index contributed by atoms with van der Waals surface area (Å²) in [6.07, 6.45) is 5.49. The van der Waals surface area contributed by atoms with Crippen LogP contribution in [0.15, 0.2) is 0 Å². The van der Waals surface area contributed by atoms with Crippen molar-refractivity contribution in [2.75, 3.05) is 26.2 Å². The predicted octanol–water partition coefficient (Wildman–Crippen LogP) is 1.22. The first-order valence-electron chi connectivity index (χ1n) is 5.32. The van der Waals surface area contributed by atoms with Crippen molar-refractivity contribution in [1.82, 2.24) is 10.2 Å². The molecule has 70 valence electrons. The van der Waals surface area contributed by atoms with Crippen LogP contribution in [0, 0.1) is 0 Å². The van der Waals surface area contributed by atoms with Gasteiger partial charge in [0, 0.05) is 5.54 Å². The van der Waals surface area contributed by atoms with E-state index in [-0.39, 0.29) is 0 Å². The summed E-state index contributed by atoms with van der Waals surface area (Å²) in [7, 11) is 0. The van der Waals surface area contributed by atoms with E-state index >= 15 is 0 Å². The molecule has 0 atom stereocenters. The van der Waals surface area contributed by atoms with Gasteiger partial charge >= 0.3 is 0 Å². The van der Waals surface area contributed by atoms with Crippen molar-refractivity contribution < 1.29 is 0 Å². The Morgan fingerprint density at radius 2 is 1.92 bits per heavy atom. The summed E-state index contributed by atoms with van der Waals surface area (Å²) in [6.45, 7) is 7.47. The van der Waals surface area contributed by atoms with Gasteiger partial charge in [-0.1, -0.05) is 6.92 Å². The van der Waals surface area contributed by atoms with Crippen LogP contribution in [-0.2, 0) is 0 Å². The fourth-order valence-electron chi connectivity index (χ4n) is 2.43. The number of nitrogens with one attached hydrogen (secondary N) is 1. The van der Waals surface area contributed by atoms with Crippen LogP contribution in [0.1, 0.15) is 32.6 Å². The second kappa shape index (κ2) is 3.35. The molecule has 0 unspecified atom stereocenters. The quantitative estimate of drug-likeness (QED) is 0.667. The summed E-state index contributed by atoms with van der Waals surface area (Å²) < 4.78 is 0. The molecule has 0 aromatic rings. The van der Waals surface area contributed by atoms with Crippen LogP contribution in [-0.4, -0.2) is 36.6 Å². The maximum atomic E-state index is 3.60. The fraction of sp³-hybridized carbons (Fsp3) is 1.00. The highest BCUT2D eigenvalue weighted by Gasteiger charge is 2.38. The molecule has 0 aromatic carbocycles. The highest BCUT2D eigenvalue weighted by atomic mass is 15.2. The van der Waals surface area contributed by atoms with Gasteiger partial charge in [-0.05, 0) is 51.9 Å². The number of hydrogen-bond acceptors (Lipinski definition) is 2. The van der Waals surface area contributed by atoms with E-state index in [1.807, 2.05) is 0 Å². The minimum Gasteiger partial charge on any atom is -0.311 e. The van der Waals surface area contributed by atoms with E-state index in [0.717, 1.165) is 0 Å². The number of rotatable bonds is 2. The Bertz CT molecular complexity index is 142. The Morgan fingerprint density at radius 3 is 2.33 bits per heavy atom. The fourth-order valence-corrected chi connectivity index (χ4v) is 2.43. The van der Waals surface area contributed by atoms with Crippen LogP contribution in [0.25, 0.3) is 0 Å². The predicted molar refractivity (Wildman–Crippen MR) is 51.3 cm³/mol. The van der Waals surface area contributed by atoms with Crippen LogP contribution < -0.4 is 5.32 Å². The van der Waals surface area contributed by atoms with Crippen molar-refractivity contribution in [1.29, 1.82) is 0 Å². The van der Waals surface area contributed by atoms with Gasteiger partial charge < -0.3 is 10.2 Å². The van der Waals surface area contributed by atoms with Crippen molar-refractivity contribution in [2.24, 2.45) is 0 Å². The lowest BCUT2D eigenvalue weighted by molar-refractivity contribution is 0.0853. The third-order valence-electron chi connectivity index (χ3n) is 3.46. The Kier molecular flexibility index (Phi) is 2.37. The highest BCUT2D eigenvalue weighted by molar-refractivity contribution is 4.99. The molecule has 0 aliphatic carbocycles. The Morgan fingerprint density at radius 1 is 1.25 bits per heavy atom. The molecule has 12 heavy (non-hydrogen) atoms. The van der Waals surface area contributed by atoms with Gasteiger partial charge in [0.25, 0.3) is 0 Å². The maximum Gasteiger partial charge on any atom is 0.0217 e. The van der Waals surface area contributed by atoms with Crippen molar-refractivity contribution in [3.63, 3.8) is 0 Å². The van der Waals surface area contributed by atoms with E-state index in [1.54, 1.807) is 0 Å². The summed E-state index contributed by atoms with van der Waals surface area (Å²) >= 11 is 0. The molecule has 1 spiro atoms. The molecule has 0 saturated carbocycles. The lowest BCUT2D eigenvalue weighted by atomic mass is 9.79. The molecule has 2 saturated heterocycles. The average Bonchev–Trinajstić information content (AvgIpc) is 2.04. The smallest absolute Gasteiger partial charge is 0.0217 e. The van der Waals surface area contributed by atoms with Crippen molar-refractivity contribution >= 4 is 0 Å². The molecule has 2 nitrogen and oxygen atoms in total. The first-order chi connectivity index (χ1) is 5.85. The molecule has 2 aliphatic heterocycles. The molecule has 0 amide bonds. The topological polar surface area (TPSA) is 15.3 Å². The minimum absolute atomic E-state index is 0.588. The Hall–Kier alpha value is -0.0800. The molecule has 0 radical (unpaired) electrons.